The molecule has 0 saturated heterocycles. The van der Waals surface area contributed by atoms with E-state index < -0.39 is 0 Å². The average molecular weight is 246 g/mol. The Morgan fingerprint density at radius 1 is 1.50 bits per heavy atom. The Morgan fingerprint density at radius 3 is 3.00 bits per heavy atom. The van der Waals surface area contributed by atoms with Crippen LogP contribution < -0.4 is 10.9 Å². The van der Waals surface area contributed by atoms with Crippen molar-refractivity contribution in [2.75, 3.05) is 0 Å². The van der Waals surface area contributed by atoms with Crippen molar-refractivity contribution >= 4 is 5.91 Å². The molecule has 0 radical (unpaired) electrons. The Hall–Kier alpha value is -2.37. The molecule has 2 N–H and O–H groups in total. The van der Waals surface area contributed by atoms with E-state index in [4.69, 9.17) is 0 Å². The molecule has 0 aromatic carbocycles. The van der Waals surface area contributed by atoms with Gasteiger partial charge in [-0.2, -0.15) is 5.10 Å². The van der Waals surface area contributed by atoms with Gasteiger partial charge in [0.05, 0.1) is 6.54 Å². The largest absolute Gasteiger partial charge is 0.346 e. The Morgan fingerprint density at radius 2 is 2.33 bits per heavy atom. The minimum absolute atomic E-state index is 0.0823. The number of nitrogens with zero attached hydrogens (tertiary/aromatic N) is 2. The lowest BCUT2D eigenvalue weighted by molar-refractivity contribution is 0.0930. The van der Waals surface area contributed by atoms with Gasteiger partial charge in [-0.1, -0.05) is 6.07 Å². The number of nitrogens with one attached hydrogen (secondary N) is 2. The van der Waals surface area contributed by atoms with Gasteiger partial charge in [-0.05, 0) is 19.1 Å². The van der Waals surface area contributed by atoms with Gasteiger partial charge in [0, 0.05) is 24.5 Å². The fourth-order valence-electron chi connectivity index (χ4n) is 1.62. The lowest BCUT2D eigenvalue weighted by Gasteiger charge is -2.13. The lowest BCUT2D eigenvalue weighted by Crippen LogP contribution is -2.36. The minimum atomic E-state index is -0.299. The number of hydrogen-bond donors (Lipinski definition) is 2. The predicted molar refractivity (Wildman–Crippen MR) is 66.2 cm³/mol. The van der Waals surface area contributed by atoms with Crippen LogP contribution >= 0.6 is 0 Å². The molecule has 2 aromatic heterocycles. The van der Waals surface area contributed by atoms with Crippen LogP contribution in [-0.4, -0.2) is 26.7 Å². The maximum Gasteiger partial charge on any atom is 0.268 e. The fraction of sp³-hybridized carbons (Fsp3) is 0.250. The second-order valence-corrected chi connectivity index (χ2v) is 4.03. The highest BCUT2D eigenvalue weighted by molar-refractivity contribution is 5.92. The van der Waals surface area contributed by atoms with Gasteiger partial charge in [-0.3, -0.25) is 14.3 Å². The number of carbonyl (C=O) groups is 1. The molecule has 0 aliphatic carbocycles. The molecule has 94 valence electrons. The van der Waals surface area contributed by atoms with Crippen molar-refractivity contribution in [1.82, 2.24) is 20.1 Å². The Balaban J connectivity index is 1.97. The fourth-order valence-corrected chi connectivity index (χ4v) is 1.62. The summed E-state index contributed by atoms with van der Waals surface area (Å²) in [7, 11) is 0. The Kier molecular flexibility index (Phi) is 3.57. The molecule has 0 spiro atoms. The van der Waals surface area contributed by atoms with Crippen molar-refractivity contribution in [1.29, 1.82) is 0 Å². The zero-order chi connectivity index (χ0) is 13.0. The van der Waals surface area contributed by atoms with Crippen LogP contribution in [0, 0.1) is 0 Å². The van der Waals surface area contributed by atoms with Crippen LogP contribution in [0.2, 0.25) is 0 Å². The Labute approximate surface area is 104 Å². The van der Waals surface area contributed by atoms with Gasteiger partial charge in [-0.25, -0.2) is 0 Å². The third-order valence-corrected chi connectivity index (χ3v) is 2.41. The maximum atomic E-state index is 11.8. The van der Waals surface area contributed by atoms with Crippen LogP contribution in [0.4, 0.5) is 0 Å². The van der Waals surface area contributed by atoms with Crippen molar-refractivity contribution < 1.29 is 4.79 Å². The summed E-state index contributed by atoms with van der Waals surface area (Å²) in [5, 5.41) is 6.85. The second-order valence-electron chi connectivity index (χ2n) is 4.03. The van der Waals surface area contributed by atoms with Gasteiger partial charge in [-0.15, -0.1) is 0 Å². The number of aromatic nitrogens is 3. The van der Waals surface area contributed by atoms with Gasteiger partial charge in [0.2, 0.25) is 5.56 Å². The highest BCUT2D eigenvalue weighted by Gasteiger charge is 2.10. The second kappa shape index (κ2) is 5.31. The molecule has 2 rings (SSSR count). The maximum absolute atomic E-state index is 11.8. The van der Waals surface area contributed by atoms with Gasteiger partial charge in [0.1, 0.15) is 5.69 Å². The molecule has 2 aromatic rings. The molecule has 0 saturated carbocycles. The molecular weight excluding hydrogens is 232 g/mol. The lowest BCUT2D eigenvalue weighted by atomic mass is 10.3. The first-order valence-electron chi connectivity index (χ1n) is 5.63. The van der Waals surface area contributed by atoms with Crippen LogP contribution in [0.3, 0.4) is 0 Å². The van der Waals surface area contributed by atoms with E-state index in [0.29, 0.717) is 6.54 Å². The third-order valence-electron chi connectivity index (χ3n) is 2.41. The average Bonchev–Trinajstić information content (AvgIpc) is 2.81. The van der Waals surface area contributed by atoms with Crippen molar-refractivity contribution in [3.05, 3.63) is 52.7 Å². The molecule has 6 heteroatoms. The summed E-state index contributed by atoms with van der Waals surface area (Å²) in [6.07, 6.45) is 3.51. The first-order valence-corrected chi connectivity index (χ1v) is 5.63. The number of pyridine rings is 1. The van der Waals surface area contributed by atoms with Crippen LogP contribution in [-0.2, 0) is 6.54 Å². The molecule has 1 unspecified atom stereocenters. The number of carbonyl (C=O) groups excluding carboxylic acids is 1. The summed E-state index contributed by atoms with van der Waals surface area (Å²) >= 11 is 0. The molecular formula is C12H14N4O2. The Bertz CT molecular complexity index is 574. The van der Waals surface area contributed by atoms with E-state index in [1.807, 2.05) is 19.2 Å². The van der Waals surface area contributed by atoms with Crippen LogP contribution in [0.5, 0.6) is 0 Å². The van der Waals surface area contributed by atoms with Gasteiger partial charge < -0.3 is 10.3 Å². The minimum Gasteiger partial charge on any atom is -0.346 e. The van der Waals surface area contributed by atoms with Crippen molar-refractivity contribution in [3.8, 4) is 0 Å². The van der Waals surface area contributed by atoms with E-state index in [-0.39, 0.29) is 23.2 Å². The predicted octanol–water partition coefficient (Wildman–Crippen LogP) is 0.390. The molecule has 2 heterocycles. The van der Waals surface area contributed by atoms with E-state index in [9.17, 15) is 9.59 Å². The van der Waals surface area contributed by atoms with E-state index in [2.05, 4.69) is 15.4 Å². The summed E-state index contributed by atoms with van der Waals surface area (Å²) in [5.41, 5.74) is -0.0304. The zero-order valence-electron chi connectivity index (χ0n) is 9.96. The monoisotopic (exact) mass is 246 g/mol. The molecule has 18 heavy (non-hydrogen) atoms. The number of hydrogen-bond acceptors (Lipinski definition) is 3. The van der Waals surface area contributed by atoms with Gasteiger partial charge >= 0.3 is 0 Å². The van der Waals surface area contributed by atoms with Crippen LogP contribution in [0.15, 0.2) is 41.5 Å². The summed E-state index contributed by atoms with van der Waals surface area (Å²) in [5.74, 6) is -0.299. The highest BCUT2D eigenvalue weighted by Crippen LogP contribution is 1.95. The number of H-pyrrole nitrogens is 1. The van der Waals surface area contributed by atoms with Crippen molar-refractivity contribution in [3.63, 3.8) is 0 Å². The van der Waals surface area contributed by atoms with Gasteiger partial charge in [0.15, 0.2) is 0 Å². The number of rotatable bonds is 4. The number of amides is 1. The first kappa shape index (κ1) is 12.1. The quantitative estimate of drug-likeness (QED) is 0.819. The van der Waals surface area contributed by atoms with E-state index in [0.717, 1.165) is 0 Å². The number of aromatic amines is 1. The summed E-state index contributed by atoms with van der Waals surface area (Å²) in [4.78, 5) is 25.4. The normalized spacial score (nSPS) is 12.1. The van der Waals surface area contributed by atoms with E-state index in [1.165, 1.54) is 6.07 Å². The molecule has 0 aliphatic heterocycles. The summed E-state index contributed by atoms with van der Waals surface area (Å²) in [6, 6.07) is 6.22. The SMILES string of the molecule is CC(Cn1cccn1)NC(=O)c1cccc(=O)[nH]1. The highest BCUT2D eigenvalue weighted by atomic mass is 16.2. The van der Waals surface area contributed by atoms with Gasteiger partial charge in [0.25, 0.3) is 5.91 Å². The molecule has 0 bridgehead atoms. The summed E-state index contributed by atoms with van der Waals surface area (Å²) < 4.78 is 1.73. The van der Waals surface area contributed by atoms with E-state index in [1.54, 1.807) is 23.0 Å². The summed E-state index contributed by atoms with van der Waals surface area (Å²) in [6.45, 7) is 2.45. The molecule has 6 nitrogen and oxygen atoms in total. The first-order chi connectivity index (χ1) is 8.65. The third kappa shape index (κ3) is 3.07. The smallest absolute Gasteiger partial charge is 0.268 e. The standard InChI is InChI=1S/C12H14N4O2/c1-9(8-16-7-3-6-13-16)14-12(18)10-4-2-5-11(17)15-10/h2-7,9H,8H2,1H3,(H,14,18)(H,15,17). The topological polar surface area (TPSA) is 79.8 Å². The molecule has 1 amide bonds. The van der Waals surface area contributed by atoms with Crippen LogP contribution in [0.1, 0.15) is 17.4 Å². The zero-order valence-corrected chi connectivity index (χ0v) is 9.96. The van der Waals surface area contributed by atoms with Crippen molar-refractivity contribution in [2.45, 2.75) is 19.5 Å². The molecule has 0 fully saturated rings. The van der Waals surface area contributed by atoms with Crippen molar-refractivity contribution in [2.24, 2.45) is 0 Å². The molecule has 0 aliphatic rings. The van der Waals surface area contributed by atoms with E-state index >= 15 is 0 Å². The van der Waals surface area contributed by atoms with Crippen LogP contribution in [0.25, 0.3) is 0 Å². The molecule has 1 atom stereocenters.